The SMILES string of the molecule is COc1ccc(-c2ccc3nc(-c4ccccc4Cl)c(NC4CCCCC4)n3c2)cc1.COc1ccc(-c2cccc3nc(-c4ccccc4Cl)c(NC4CCCCC4)n23)cc1.Cc1ccccc1-c1ccc2nc(-c3ccccc3Cl)c(NC3CCCCC3)n2c1.Cc1ccccc1-c1cccc2nc(-c3ccccc3Cl)c(NC3CCCCC3)n12.Clc1ccccc1-c1nc2ncccn2c1NC1CCCCC1. The molecule has 145 heavy (non-hydrogen) atoms. The minimum atomic E-state index is 0.443. The van der Waals surface area contributed by atoms with Crippen LogP contribution in [0.15, 0.2) is 310 Å². The highest BCUT2D eigenvalue weighted by Crippen LogP contribution is 2.45. The van der Waals surface area contributed by atoms with Gasteiger partial charge in [-0.3, -0.25) is 22.0 Å². The van der Waals surface area contributed by atoms with Gasteiger partial charge in [-0.05, 0) is 238 Å². The van der Waals surface area contributed by atoms with Crippen molar-refractivity contribution in [2.45, 2.75) is 205 Å². The maximum absolute atomic E-state index is 6.61. The molecule has 24 rings (SSSR count). The first-order valence-electron chi connectivity index (χ1n) is 51.6. The number of aromatic nitrogens is 11. The summed E-state index contributed by atoms with van der Waals surface area (Å²) in [7, 11) is 3.37. The Labute approximate surface area is 874 Å². The Morgan fingerprint density at radius 1 is 0.255 bits per heavy atom. The molecule has 0 spiro atoms. The maximum atomic E-state index is 6.61. The molecule has 5 N–H and O–H groups in total. The van der Waals surface area contributed by atoms with Crippen LogP contribution in [0.25, 0.3) is 129 Å². The highest BCUT2D eigenvalue weighted by atomic mass is 35.5. The second-order valence-electron chi connectivity index (χ2n) is 38.7. The zero-order valence-electron chi connectivity index (χ0n) is 82.6. The van der Waals surface area contributed by atoms with Crippen LogP contribution in [0.3, 0.4) is 0 Å². The number of imidazole rings is 5. The molecular formula is C122H123Cl5N16O2. The Bertz CT molecular complexity index is 7670. The van der Waals surface area contributed by atoms with E-state index in [1.54, 1.807) is 20.4 Å². The van der Waals surface area contributed by atoms with Crippen LogP contribution in [0.1, 0.15) is 172 Å². The maximum Gasteiger partial charge on any atom is 0.235 e. The average Bonchev–Trinajstić information content (AvgIpc) is 1.61. The first-order chi connectivity index (χ1) is 71.2. The van der Waals surface area contributed by atoms with Gasteiger partial charge >= 0.3 is 0 Å². The molecule has 18 nitrogen and oxygen atoms in total. The van der Waals surface area contributed by atoms with E-state index in [0.717, 1.165) is 158 Å². The van der Waals surface area contributed by atoms with Gasteiger partial charge in [0.1, 0.15) is 91.6 Å². The first kappa shape index (κ1) is 98.8. The fourth-order valence-corrected chi connectivity index (χ4v) is 22.4. The van der Waals surface area contributed by atoms with E-state index < -0.39 is 0 Å². The molecule has 9 aromatic carbocycles. The van der Waals surface area contributed by atoms with Crippen molar-refractivity contribution in [3.63, 3.8) is 0 Å². The number of benzene rings is 9. The molecule has 5 saturated carbocycles. The van der Waals surface area contributed by atoms with Gasteiger partial charge in [0.15, 0.2) is 0 Å². The molecule has 10 heterocycles. The molecule has 0 atom stereocenters. The third kappa shape index (κ3) is 22.6. The van der Waals surface area contributed by atoms with E-state index in [-0.39, 0.29) is 0 Å². The van der Waals surface area contributed by atoms with E-state index in [0.29, 0.717) is 51.1 Å². The number of halogens is 5. The lowest BCUT2D eigenvalue weighted by Gasteiger charge is -2.25. The van der Waals surface area contributed by atoms with E-state index in [1.165, 1.54) is 188 Å². The summed E-state index contributed by atoms with van der Waals surface area (Å²) in [6.45, 7) is 4.32. The van der Waals surface area contributed by atoms with Crippen molar-refractivity contribution in [2.75, 3.05) is 40.8 Å². The summed E-state index contributed by atoms with van der Waals surface area (Å²) < 4.78 is 21.6. The van der Waals surface area contributed by atoms with Crippen LogP contribution in [-0.4, -0.2) is 96.3 Å². The Kier molecular flexibility index (Phi) is 31.8. The molecule has 5 aliphatic carbocycles. The van der Waals surface area contributed by atoms with Crippen molar-refractivity contribution in [3.8, 4) is 113 Å². The van der Waals surface area contributed by atoms with Crippen molar-refractivity contribution < 1.29 is 9.47 Å². The number of anilines is 5. The highest BCUT2D eigenvalue weighted by molar-refractivity contribution is 6.35. The van der Waals surface area contributed by atoms with Crippen molar-refractivity contribution in [3.05, 3.63) is 346 Å². The molecule has 0 aliphatic heterocycles. The number of ether oxygens (including phenoxy) is 2. The molecule has 10 aromatic heterocycles. The van der Waals surface area contributed by atoms with E-state index >= 15 is 0 Å². The molecule has 23 heteroatoms. The predicted molar refractivity (Wildman–Crippen MR) is 603 cm³/mol. The molecule has 0 radical (unpaired) electrons. The van der Waals surface area contributed by atoms with E-state index in [4.69, 9.17) is 92.4 Å². The summed E-state index contributed by atoms with van der Waals surface area (Å²) in [6.07, 6.45) is 39.5. The first-order valence-corrected chi connectivity index (χ1v) is 53.5. The number of rotatable bonds is 21. The Morgan fingerprint density at radius 3 is 0.945 bits per heavy atom. The van der Waals surface area contributed by atoms with Crippen LogP contribution in [0.4, 0.5) is 29.1 Å². The standard InChI is InChI=1S/2C26H26ClN3O.2C26H26ClN3.C18H19ClN4/c1-31-20-16-14-18(15-17-20)23-12-7-13-24-29-25(21-10-5-6-11-22(21)27)26(30(23)24)28-19-8-3-2-4-9-19;1-31-21-14-11-18(12-15-21)19-13-16-24-29-25(22-9-5-6-10-23(22)27)26(30(24)17-19)28-20-7-3-2-4-8-20;1-18-10-5-6-13-20(18)23-16-9-17-24-29-25(21-14-7-8-15-22(21)27)26(30(23)24)28-19-11-3-2-4-12-19;1-18-9-5-6-12-21(18)19-15-16-24-29-25(22-13-7-8-14-23(22)27)26(30(24)17-19)28-20-10-3-2-4-11-20;19-15-10-5-4-9-14(15)16-17(21-13-7-2-1-3-8-13)23-12-6-11-20-18(23)22-16/h5-7,10-17,19,28H,2-4,8-9H2,1H3;5-6,9-17,20,28H,2-4,7-8H2,1H3;5-10,13-17,19,28H,2-4,11-12H2,1H3;5-9,12-17,20,28H,2-4,10-11H2,1H3;4-6,9-13,21H,1-3,7-8H2. The lowest BCUT2D eigenvalue weighted by Crippen LogP contribution is -2.23. The lowest BCUT2D eigenvalue weighted by molar-refractivity contribution is 0.415. The van der Waals surface area contributed by atoms with Gasteiger partial charge in [-0.2, -0.15) is 0 Å². The normalized spacial score (nSPS) is 14.9. The second kappa shape index (κ2) is 46.6. The van der Waals surface area contributed by atoms with Crippen LogP contribution < -0.4 is 36.1 Å². The van der Waals surface area contributed by atoms with Crippen molar-refractivity contribution in [1.82, 2.24) is 51.9 Å². The third-order valence-corrected chi connectivity index (χ3v) is 30.6. The van der Waals surface area contributed by atoms with E-state index in [9.17, 15) is 0 Å². The summed E-state index contributed by atoms with van der Waals surface area (Å²) in [6, 6.07) is 98.3. The summed E-state index contributed by atoms with van der Waals surface area (Å²) in [5.74, 6) is 7.51. The number of nitrogens with zero attached hydrogens (tertiary/aromatic N) is 11. The predicted octanol–water partition coefficient (Wildman–Crippen LogP) is 33.7. The van der Waals surface area contributed by atoms with Gasteiger partial charge < -0.3 is 36.1 Å². The van der Waals surface area contributed by atoms with Gasteiger partial charge in [-0.25, -0.2) is 29.9 Å². The topological polar surface area (TPSA) is 178 Å². The fraction of sp³-hybridized carbons (Fsp3) is 0.279. The van der Waals surface area contributed by atoms with Crippen LogP contribution >= 0.6 is 58.0 Å². The number of fused-ring (bicyclic) bond motifs is 5. The average molecular weight is 2020 g/mol. The highest BCUT2D eigenvalue weighted by Gasteiger charge is 2.30. The molecule has 0 saturated heterocycles. The Hall–Kier alpha value is -13.6. The van der Waals surface area contributed by atoms with Crippen LogP contribution in [0.5, 0.6) is 11.5 Å². The smallest absolute Gasteiger partial charge is 0.235 e. The molecule has 0 bridgehead atoms. The summed E-state index contributed by atoms with van der Waals surface area (Å²) >= 11 is 32.7. The zero-order valence-corrected chi connectivity index (χ0v) is 86.4. The molecule has 738 valence electrons. The van der Waals surface area contributed by atoms with Gasteiger partial charge in [0.05, 0.1) is 50.7 Å². The lowest BCUT2D eigenvalue weighted by atomic mass is 9.95. The van der Waals surface area contributed by atoms with Crippen LogP contribution in [-0.2, 0) is 0 Å². The zero-order chi connectivity index (χ0) is 99.1. The number of hydrogen-bond acceptors (Lipinski definition) is 13. The number of hydrogen-bond donors (Lipinski definition) is 5. The van der Waals surface area contributed by atoms with Crippen molar-refractivity contribution in [2.24, 2.45) is 0 Å². The molecule has 0 amide bonds. The number of nitrogens with one attached hydrogen (secondary N) is 5. The fourth-order valence-electron chi connectivity index (χ4n) is 21.3. The third-order valence-electron chi connectivity index (χ3n) is 29.0. The van der Waals surface area contributed by atoms with Crippen molar-refractivity contribution in [1.29, 1.82) is 0 Å². The van der Waals surface area contributed by atoms with Gasteiger partial charge in [0, 0.05) is 88.4 Å². The minimum absolute atomic E-state index is 0.443. The van der Waals surface area contributed by atoms with E-state index in [2.05, 4.69) is 221 Å². The molecular weight excluding hydrogens is 1900 g/mol. The monoisotopic (exact) mass is 2020 g/mol. The quantitative estimate of drug-likeness (QED) is 0.0460. The second-order valence-corrected chi connectivity index (χ2v) is 40.8. The summed E-state index contributed by atoms with van der Waals surface area (Å²) in [5.41, 5.74) is 24.8. The molecule has 19 aromatic rings. The number of pyridine rings is 4. The summed E-state index contributed by atoms with van der Waals surface area (Å²) in [5, 5.41) is 22.7. The van der Waals surface area contributed by atoms with Gasteiger partial charge in [-0.1, -0.05) is 318 Å². The van der Waals surface area contributed by atoms with Crippen LogP contribution in [0.2, 0.25) is 25.1 Å². The van der Waals surface area contributed by atoms with Gasteiger partial charge in [0.25, 0.3) is 0 Å². The van der Waals surface area contributed by atoms with Crippen LogP contribution in [0, 0.1) is 13.8 Å². The molecule has 0 unspecified atom stereocenters. The number of methoxy groups -OCH3 is 2. The van der Waals surface area contributed by atoms with E-state index in [1.807, 2.05) is 150 Å². The van der Waals surface area contributed by atoms with Gasteiger partial charge in [-0.15, -0.1) is 0 Å². The Morgan fingerprint density at radius 2 is 0.559 bits per heavy atom. The largest absolute Gasteiger partial charge is 0.497 e. The van der Waals surface area contributed by atoms with Gasteiger partial charge in [0.2, 0.25) is 5.78 Å². The van der Waals surface area contributed by atoms with Crippen molar-refractivity contribution >= 4 is 115 Å². The molecule has 5 fully saturated rings. The summed E-state index contributed by atoms with van der Waals surface area (Å²) in [4.78, 5) is 29.1. The molecule has 5 aliphatic rings. The number of aryl methyl sites for hydroxylation is 2. The minimum Gasteiger partial charge on any atom is -0.497 e. The Balaban J connectivity index is 0.000000111.